The molecule has 2 N–H and O–H groups in total. The molecule has 0 aliphatic carbocycles. The van der Waals surface area contributed by atoms with Gasteiger partial charge in [0.05, 0.1) is 11.3 Å². The number of hydrogen-bond donors (Lipinski definition) is 2. The van der Waals surface area contributed by atoms with Crippen LogP contribution >= 0.6 is 0 Å². The molecule has 0 saturated carbocycles. The highest BCUT2D eigenvalue weighted by Crippen LogP contribution is 2.31. The zero-order valence-corrected chi connectivity index (χ0v) is 12.6. The summed E-state index contributed by atoms with van der Waals surface area (Å²) in [6.45, 7) is 4.26. The van der Waals surface area contributed by atoms with Gasteiger partial charge in [0, 0.05) is 24.0 Å². The predicted octanol–water partition coefficient (Wildman–Crippen LogP) is 3.35. The molecule has 0 radical (unpaired) electrons. The Morgan fingerprint density at radius 2 is 1.87 bits per heavy atom. The van der Waals surface area contributed by atoms with Crippen LogP contribution in [0.15, 0.2) is 77.6 Å². The Balaban J connectivity index is 1.77. The Labute approximate surface area is 135 Å². The highest BCUT2D eigenvalue weighted by Gasteiger charge is 2.23. The molecule has 4 heteroatoms. The van der Waals surface area contributed by atoms with E-state index in [9.17, 15) is 4.79 Å². The van der Waals surface area contributed by atoms with Crippen LogP contribution in [0.5, 0.6) is 0 Å². The maximum Gasteiger partial charge on any atom is 0.256 e. The fourth-order valence-electron chi connectivity index (χ4n) is 2.43. The standard InChI is InChI=1S/C19H17N3O/c1-20-15(13-21-12-14-7-3-2-4-8-14)11-17-16-9-5-6-10-18(16)22-19(17)23/h2-11,13,21H,1,12H2,(H,22,23)/b15-13-,17-11-. The zero-order chi connectivity index (χ0) is 16.1. The van der Waals surface area contributed by atoms with E-state index in [0.717, 1.165) is 11.3 Å². The van der Waals surface area contributed by atoms with Gasteiger partial charge in [-0.05, 0) is 24.4 Å². The van der Waals surface area contributed by atoms with Gasteiger partial charge in [0.15, 0.2) is 0 Å². The molecular formula is C19H17N3O. The second kappa shape index (κ2) is 6.75. The molecule has 0 spiro atoms. The van der Waals surface area contributed by atoms with Crippen LogP contribution in [-0.4, -0.2) is 12.6 Å². The second-order valence-electron chi connectivity index (χ2n) is 5.15. The first-order valence-corrected chi connectivity index (χ1v) is 7.34. The normalized spacial score (nSPS) is 15.2. The van der Waals surface area contributed by atoms with Crippen LogP contribution in [0, 0.1) is 0 Å². The third-order valence-electron chi connectivity index (χ3n) is 3.58. The molecule has 4 nitrogen and oxygen atoms in total. The van der Waals surface area contributed by atoms with Gasteiger partial charge in [-0.25, -0.2) is 0 Å². The summed E-state index contributed by atoms with van der Waals surface area (Å²) in [5.41, 5.74) is 4.09. The zero-order valence-electron chi connectivity index (χ0n) is 12.6. The lowest BCUT2D eigenvalue weighted by Gasteiger charge is -2.03. The van der Waals surface area contributed by atoms with Crippen LogP contribution in [0.1, 0.15) is 11.1 Å². The number of rotatable bonds is 5. The van der Waals surface area contributed by atoms with Crippen LogP contribution < -0.4 is 10.6 Å². The number of allylic oxidation sites excluding steroid dienone is 1. The number of aliphatic imine (C=N–C) groups is 1. The van der Waals surface area contributed by atoms with Gasteiger partial charge in [-0.2, -0.15) is 0 Å². The summed E-state index contributed by atoms with van der Waals surface area (Å²) in [4.78, 5) is 16.1. The SMILES string of the molecule is C=NC(=C\NCc1ccccc1)/C=C1\C(=O)Nc2ccccc21. The van der Waals surface area contributed by atoms with Crippen molar-refractivity contribution in [2.75, 3.05) is 5.32 Å². The van der Waals surface area contributed by atoms with Gasteiger partial charge in [-0.3, -0.25) is 9.79 Å². The number of amides is 1. The lowest BCUT2D eigenvalue weighted by atomic mass is 10.1. The monoisotopic (exact) mass is 303 g/mol. The van der Waals surface area contributed by atoms with Crippen LogP contribution in [0.25, 0.3) is 5.57 Å². The van der Waals surface area contributed by atoms with Gasteiger partial charge in [-0.1, -0.05) is 48.5 Å². The highest BCUT2D eigenvalue weighted by atomic mass is 16.2. The Morgan fingerprint density at radius 1 is 1.13 bits per heavy atom. The molecule has 0 saturated heterocycles. The third kappa shape index (κ3) is 3.37. The van der Waals surface area contributed by atoms with Gasteiger partial charge in [0.1, 0.15) is 0 Å². The average molecular weight is 303 g/mol. The first-order chi connectivity index (χ1) is 11.3. The number of carbonyl (C=O) groups is 1. The van der Waals surface area contributed by atoms with Crippen molar-refractivity contribution in [3.63, 3.8) is 0 Å². The molecule has 0 bridgehead atoms. The van der Waals surface area contributed by atoms with E-state index >= 15 is 0 Å². The lowest BCUT2D eigenvalue weighted by molar-refractivity contribution is -0.110. The first kappa shape index (κ1) is 14.8. The summed E-state index contributed by atoms with van der Waals surface area (Å²) >= 11 is 0. The minimum Gasteiger partial charge on any atom is -0.385 e. The number of carbonyl (C=O) groups excluding carboxylic acids is 1. The molecule has 1 aliphatic heterocycles. The number of benzene rings is 2. The molecule has 114 valence electrons. The summed E-state index contributed by atoms with van der Waals surface area (Å²) in [6.07, 6.45) is 3.51. The van der Waals surface area contributed by atoms with Crippen molar-refractivity contribution in [3.8, 4) is 0 Å². The van der Waals surface area contributed by atoms with E-state index in [-0.39, 0.29) is 5.91 Å². The molecule has 23 heavy (non-hydrogen) atoms. The smallest absolute Gasteiger partial charge is 0.256 e. The molecule has 0 fully saturated rings. The molecule has 1 amide bonds. The molecule has 2 aromatic rings. The minimum atomic E-state index is -0.121. The van der Waals surface area contributed by atoms with Crippen molar-refractivity contribution < 1.29 is 4.79 Å². The van der Waals surface area contributed by atoms with Crippen LogP contribution in [0.3, 0.4) is 0 Å². The van der Waals surface area contributed by atoms with Gasteiger partial charge < -0.3 is 10.6 Å². The molecule has 0 unspecified atom stereocenters. The minimum absolute atomic E-state index is 0.121. The number of nitrogens with zero attached hydrogens (tertiary/aromatic N) is 1. The summed E-state index contributed by atoms with van der Waals surface area (Å²) in [5, 5.41) is 6.04. The lowest BCUT2D eigenvalue weighted by Crippen LogP contribution is -2.06. The number of anilines is 1. The average Bonchev–Trinajstić information content (AvgIpc) is 2.90. The molecular weight excluding hydrogens is 286 g/mol. The first-order valence-electron chi connectivity index (χ1n) is 7.34. The van der Waals surface area contributed by atoms with E-state index < -0.39 is 0 Å². The van der Waals surface area contributed by atoms with Crippen molar-refractivity contribution in [1.82, 2.24) is 5.32 Å². The van der Waals surface area contributed by atoms with E-state index in [1.54, 1.807) is 12.3 Å². The van der Waals surface area contributed by atoms with Gasteiger partial charge in [0.25, 0.3) is 5.91 Å². The van der Waals surface area contributed by atoms with Crippen molar-refractivity contribution in [1.29, 1.82) is 0 Å². The van der Waals surface area contributed by atoms with E-state index in [2.05, 4.69) is 22.3 Å². The van der Waals surface area contributed by atoms with E-state index in [4.69, 9.17) is 0 Å². The summed E-state index contributed by atoms with van der Waals surface area (Å²) < 4.78 is 0. The van der Waals surface area contributed by atoms with Gasteiger partial charge in [-0.15, -0.1) is 0 Å². The van der Waals surface area contributed by atoms with Crippen LogP contribution in [0.2, 0.25) is 0 Å². The molecule has 2 aromatic carbocycles. The topological polar surface area (TPSA) is 53.5 Å². The van der Waals surface area contributed by atoms with Crippen molar-refractivity contribution in [3.05, 3.63) is 83.7 Å². The Hall–Kier alpha value is -3.14. The van der Waals surface area contributed by atoms with E-state index in [1.807, 2.05) is 54.6 Å². The molecule has 1 aliphatic rings. The molecule has 3 rings (SSSR count). The highest BCUT2D eigenvalue weighted by molar-refractivity contribution is 6.31. The number of para-hydroxylation sites is 1. The van der Waals surface area contributed by atoms with Crippen LogP contribution in [-0.2, 0) is 11.3 Å². The molecule has 0 aromatic heterocycles. The Kier molecular flexibility index (Phi) is 4.34. The van der Waals surface area contributed by atoms with Crippen molar-refractivity contribution >= 4 is 23.9 Å². The fourth-order valence-corrected chi connectivity index (χ4v) is 2.43. The Morgan fingerprint density at radius 3 is 2.65 bits per heavy atom. The fraction of sp³-hybridized carbons (Fsp3) is 0.0526. The molecule has 1 heterocycles. The summed E-state index contributed by atoms with van der Waals surface area (Å²) in [6, 6.07) is 17.7. The largest absolute Gasteiger partial charge is 0.385 e. The van der Waals surface area contributed by atoms with Crippen molar-refractivity contribution in [2.24, 2.45) is 4.99 Å². The summed E-state index contributed by atoms with van der Waals surface area (Å²) in [7, 11) is 0. The number of nitrogens with one attached hydrogen (secondary N) is 2. The summed E-state index contributed by atoms with van der Waals surface area (Å²) in [5.74, 6) is -0.121. The maximum absolute atomic E-state index is 12.1. The van der Waals surface area contributed by atoms with Crippen molar-refractivity contribution in [2.45, 2.75) is 6.54 Å². The van der Waals surface area contributed by atoms with E-state index in [0.29, 0.717) is 17.8 Å². The Bertz CT molecular complexity index is 791. The van der Waals surface area contributed by atoms with Gasteiger partial charge in [0.2, 0.25) is 0 Å². The molecule has 0 atom stereocenters. The maximum atomic E-state index is 12.1. The quantitative estimate of drug-likeness (QED) is 0.657. The van der Waals surface area contributed by atoms with E-state index in [1.165, 1.54) is 5.56 Å². The second-order valence-corrected chi connectivity index (χ2v) is 5.15. The number of fused-ring (bicyclic) bond motifs is 1. The third-order valence-corrected chi connectivity index (χ3v) is 3.58. The van der Waals surface area contributed by atoms with Gasteiger partial charge >= 0.3 is 0 Å². The van der Waals surface area contributed by atoms with Crippen LogP contribution in [0.4, 0.5) is 5.69 Å². The number of hydrogen-bond acceptors (Lipinski definition) is 3. The predicted molar refractivity (Wildman–Crippen MR) is 94.0 cm³/mol.